The molecule has 0 heterocycles. The number of rotatable bonds is 3. The summed E-state index contributed by atoms with van der Waals surface area (Å²) in [6.07, 6.45) is 6.31. The van der Waals surface area contributed by atoms with Crippen LogP contribution >= 0.6 is 0 Å². The van der Waals surface area contributed by atoms with Crippen LogP contribution in [0.25, 0.3) is 0 Å². The van der Waals surface area contributed by atoms with Crippen molar-refractivity contribution in [2.45, 2.75) is 32.1 Å². The van der Waals surface area contributed by atoms with E-state index in [2.05, 4.69) is 10.9 Å². The van der Waals surface area contributed by atoms with Crippen molar-refractivity contribution < 1.29 is 9.90 Å². The first-order valence-corrected chi connectivity index (χ1v) is 7.77. The summed E-state index contributed by atoms with van der Waals surface area (Å²) in [7, 11) is 0. The number of allylic oxidation sites excluding steroid dienone is 2. The fraction of sp³-hybridized carbons (Fsp3) is 0.471. The van der Waals surface area contributed by atoms with E-state index < -0.39 is 0 Å². The van der Waals surface area contributed by atoms with Crippen LogP contribution in [0.5, 0.6) is 5.75 Å². The quantitative estimate of drug-likeness (QED) is 0.748. The second-order valence-electron chi connectivity index (χ2n) is 6.66. The summed E-state index contributed by atoms with van der Waals surface area (Å²) in [5, 5.41) is 9.72. The predicted octanol–water partition coefficient (Wildman–Crippen LogP) is 2.72. The number of phenols is 1. The van der Waals surface area contributed by atoms with Crippen molar-refractivity contribution in [2.75, 3.05) is 0 Å². The zero-order chi connectivity index (χ0) is 14.4. The highest BCUT2D eigenvalue weighted by molar-refractivity contribution is 5.96. The summed E-state index contributed by atoms with van der Waals surface area (Å²) >= 11 is 0. The van der Waals surface area contributed by atoms with E-state index in [1.807, 2.05) is 0 Å². The summed E-state index contributed by atoms with van der Waals surface area (Å²) in [5.41, 5.74) is 8.98. The second kappa shape index (κ2) is 4.79. The van der Waals surface area contributed by atoms with Crippen molar-refractivity contribution >= 4 is 5.91 Å². The molecule has 4 aliphatic carbocycles. The maximum Gasteiger partial charge on any atom is 0.273 e. The molecule has 2 atom stereocenters. The van der Waals surface area contributed by atoms with Crippen LogP contribution in [-0.2, 0) is 0 Å². The van der Waals surface area contributed by atoms with Gasteiger partial charge >= 0.3 is 0 Å². The summed E-state index contributed by atoms with van der Waals surface area (Å²) in [6, 6.07) is 6.61. The summed E-state index contributed by atoms with van der Waals surface area (Å²) in [4.78, 5) is 12.1. The third-order valence-corrected chi connectivity index (χ3v) is 5.22. The number of hydrogen-bond acceptors (Lipinski definition) is 3. The predicted molar refractivity (Wildman–Crippen MR) is 79.3 cm³/mol. The fourth-order valence-corrected chi connectivity index (χ4v) is 4.47. The van der Waals surface area contributed by atoms with Gasteiger partial charge in [0.25, 0.3) is 5.91 Å². The van der Waals surface area contributed by atoms with Crippen LogP contribution < -0.4 is 10.9 Å². The molecule has 1 aromatic rings. The first-order valence-electron chi connectivity index (χ1n) is 7.77. The molecule has 4 heteroatoms. The molecule has 4 nitrogen and oxygen atoms in total. The lowest BCUT2D eigenvalue weighted by atomic mass is 9.60. The van der Waals surface area contributed by atoms with Gasteiger partial charge in [-0.1, -0.05) is 12.1 Å². The Morgan fingerprint density at radius 3 is 2.48 bits per heavy atom. The van der Waals surface area contributed by atoms with E-state index in [0.29, 0.717) is 11.5 Å². The van der Waals surface area contributed by atoms with E-state index in [0.717, 1.165) is 11.8 Å². The molecule has 0 aromatic heterocycles. The third kappa shape index (κ3) is 2.19. The van der Waals surface area contributed by atoms with E-state index in [4.69, 9.17) is 0 Å². The molecule has 4 aliphatic rings. The number of carbonyl (C=O) groups is 1. The molecule has 0 saturated heterocycles. The third-order valence-electron chi connectivity index (χ3n) is 5.22. The van der Waals surface area contributed by atoms with Crippen molar-refractivity contribution in [1.82, 2.24) is 10.9 Å². The SMILES string of the molecule is O=C(NNC1=C2CC3CC(C2)CC1C3)c1ccccc1O. The van der Waals surface area contributed by atoms with Crippen LogP contribution in [-0.4, -0.2) is 11.0 Å². The number of aromatic hydroxyl groups is 1. The number of hydrogen-bond donors (Lipinski definition) is 3. The lowest BCUT2D eigenvalue weighted by molar-refractivity contribution is 0.0922. The molecular formula is C17H20N2O2. The van der Waals surface area contributed by atoms with E-state index in [1.165, 1.54) is 49.4 Å². The highest BCUT2D eigenvalue weighted by atomic mass is 16.3. The Labute approximate surface area is 124 Å². The fourth-order valence-electron chi connectivity index (χ4n) is 4.47. The molecule has 21 heavy (non-hydrogen) atoms. The van der Waals surface area contributed by atoms with Gasteiger partial charge in [0.05, 0.1) is 5.56 Å². The van der Waals surface area contributed by atoms with Crippen LogP contribution in [0.3, 0.4) is 0 Å². The average molecular weight is 284 g/mol. The molecular weight excluding hydrogens is 264 g/mol. The maximum atomic E-state index is 12.1. The molecule has 4 bridgehead atoms. The first-order chi connectivity index (χ1) is 10.2. The largest absolute Gasteiger partial charge is 0.507 e. The lowest BCUT2D eigenvalue weighted by Crippen LogP contribution is -2.45. The topological polar surface area (TPSA) is 61.4 Å². The van der Waals surface area contributed by atoms with Crippen molar-refractivity contribution in [3.63, 3.8) is 0 Å². The van der Waals surface area contributed by atoms with Crippen LogP contribution in [0.15, 0.2) is 35.5 Å². The molecule has 1 aromatic carbocycles. The summed E-state index contributed by atoms with van der Waals surface area (Å²) in [6.45, 7) is 0. The minimum absolute atomic E-state index is 0.0135. The zero-order valence-corrected chi connectivity index (χ0v) is 11.9. The highest BCUT2D eigenvalue weighted by Gasteiger charge is 2.41. The Bertz CT molecular complexity index is 607. The molecule has 0 spiro atoms. The van der Waals surface area contributed by atoms with Crippen molar-refractivity contribution in [3.8, 4) is 5.75 Å². The highest BCUT2D eigenvalue weighted by Crippen LogP contribution is 2.52. The molecule has 3 N–H and O–H groups in total. The Kier molecular flexibility index (Phi) is 2.91. The number of phenolic OH excluding ortho intramolecular Hbond substituents is 1. The molecule has 0 radical (unpaired) electrons. The Morgan fingerprint density at radius 1 is 1.10 bits per heavy atom. The second-order valence-corrected chi connectivity index (χ2v) is 6.66. The number of carbonyl (C=O) groups excluding carboxylic acids is 1. The molecule has 1 amide bonds. The molecule has 0 aliphatic heterocycles. The number of nitrogens with one attached hydrogen (secondary N) is 2. The summed E-state index contributed by atoms with van der Waals surface area (Å²) in [5.74, 6) is 2.07. The van der Waals surface area contributed by atoms with Gasteiger partial charge in [0.1, 0.15) is 5.75 Å². The van der Waals surface area contributed by atoms with Gasteiger partial charge in [-0.3, -0.25) is 10.2 Å². The standard InChI is InChI=1S/C17H20N2O2/c20-15-4-2-1-3-14(15)17(21)19-18-16-12-6-10-5-11(8-12)9-13(16)7-10/h1-4,10-12,18,20H,5-9H2,(H,19,21). The minimum atomic E-state index is -0.282. The molecule has 110 valence electrons. The maximum absolute atomic E-state index is 12.1. The smallest absolute Gasteiger partial charge is 0.273 e. The Balaban J connectivity index is 1.48. The van der Waals surface area contributed by atoms with E-state index >= 15 is 0 Å². The van der Waals surface area contributed by atoms with Crippen molar-refractivity contribution in [3.05, 3.63) is 41.1 Å². The zero-order valence-electron chi connectivity index (χ0n) is 11.9. The Hall–Kier alpha value is -1.97. The normalized spacial score (nSPS) is 29.6. The van der Waals surface area contributed by atoms with Gasteiger partial charge in [-0.05, 0) is 61.6 Å². The van der Waals surface area contributed by atoms with Gasteiger partial charge in [0, 0.05) is 11.6 Å². The van der Waals surface area contributed by atoms with Crippen molar-refractivity contribution in [2.24, 2.45) is 17.8 Å². The monoisotopic (exact) mass is 284 g/mol. The van der Waals surface area contributed by atoms with Gasteiger partial charge in [-0.15, -0.1) is 0 Å². The minimum Gasteiger partial charge on any atom is -0.507 e. The van der Waals surface area contributed by atoms with Gasteiger partial charge in [0.15, 0.2) is 0 Å². The number of benzene rings is 1. The van der Waals surface area contributed by atoms with E-state index in [-0.39, 0.29) is 11.7 Å². The summed E-state index contributed by atoms with van der Waals surface area (Å²) < 4.78 is 0. The number of para-hydroxylation sites is 1. The van der Waals surface area contributed by atoms with Gasteiger partial charge in [-0.25, -0.2) is 0 Å². The van der Waals surface area contributed by atoms with Crippen LogP contribution in [0.4, 0.5) is 0 Å². The van der Waals surface area contributed by atoms with E-state index in [1.54, 1.807) is 18.2 Å². The van der Waals surface area contributed by atoms with Crippen LogP contribution in [0.1, 0.15) is 42.5 Å². The van der Waals surface area contributed by atoms with Gasteiger partial charge in [0.2, 0.25) is 0 Å². The Morgan fingerprint density at radius 2 is 1.81 bits per heavy atom. The van der Waals surface area contributed by atoms with Crippen molar-refractivity contribution in [1.29, 1.82) is 0 Å². The van der Waals surface area contributed by atoms with Gasteiger partial charge in [-0.2, -0.15) is 0 Å². The first kappa shape index (κ1) is 12.7. The molecule has 5 rings (SSSR count). The molecule has 2 unspecified atom stereocenters. The lowest BCUT2D eigenvalue weighted by Gasteiger charge is -2.47. The van der Waals surface area contributed by atoms with Gasteiger partial charge < -0.3 is 10.5 Å². The molecule has 2 fully saturated rings. The number of amides is 1. The van der Waals surface area contributed by atoms with E-state index in [9.17, 15) is 9.90 Å². The van der Waals surface area contributed by atoms with Crippen LogP contribution in [0.2, 0.25) is 0 Å². The average Bonchev–Trinajstić information content (AvgIpc) is 2.46. The number of hydrazine groups is 1. The molecule has 2 saturated carbocycles. The van der Waals surface area contributed by atoms with Crippen LogP contribution in [0, 0.1) is 17.8 Å².